The monoisotopic (exact) mass is 763 g/mol. The van der Waals surface area contributed by atoms with Crippen LogP contribution < -0.4 is 15.3 Å². The molecule has 0 fully saturated rings. The van der Waals surface area contributed by atoms with Crippen molar-refractivity contribution in [3.05, 3.63) is 184 Å². The van der Waals surface area contributed by atoms with Gasteiger partial charge in [-0.3, -0.25) is 0 Å². The van der Waals surface area contributed by atoms with Crippen LogP contribution in [0.1, 0.15) is 38.9 Å². The molecule has 0 radical (unpaired) electrons. The van der Waals surface area contributed by atoms with Crippen LogP contribution in [-0.4, -0.2) is 16.1 Å². The van der Waals surface area contributed by atoms with Crippen LogP contribution in [0.5, 0.6) is 0 Å². The van der Waals surface area contributed by atoms with Crippen molar-refractivity contribution in [2.24, 2.45) is 0 Å². The molecule has 0 unspecified atom stereocenters. The van der Waals surface area contributed by atoms with Gasteiger partial charge in [0.05, 0.1) is 16.1 Å². The summed E-state index contributed by atoms with van der Waals surface area (Å²) in [5, 5.41) is 2.20. The Morgan fingerprint density at radius 3 is 0.982 bits per heavy atom. The summed E-state index contributed by atoms with van der Waals surface area (Å²) in [5.41, 5.74) is 8.23. The lowest BCUT2D eigenvalue weighted by molar-refractivity contribution is 0.624. The van der Waals surface area contributed by atoms with Gasteiger partial charge < -0.3 is 4.90 Å². The van der Waals surface area contributed by atoms with Crippen LogP contribution in [0.4, 0.5) is 30.2 Å². The minimum Gasteiger partial charge on any atom is -0.311 e. The second-order valence-electron chi connectivity index (χ2n) is 16.1. The van der Waals surface area contributed by atoms with Gasteiger partial charge in [0.25, 0.3) is 0 Å². The molecule has 6 heteroatoms. The van der Waals surface area contributed by atoms with Gasteiger partial charge in [0.1, 0.15) is 17.5 Å². The van der Waals surface area contributed by atoms with Crippen molar-refractivity contribution < 1.29 is 13.2 Å². The van der Waals surface area contributed by atoms with Crippen LogP contribution in [0.3, 0.4) is 0 Å². The summed E-state index contributed by atoms with van der Waals surface area (Å²) in [5.74, 6) is -0.653. The molecule has 6 aromatic rings. The van der Waals surface area contributed by atoms with Crippen molar-refractivity contribution in [3.8, 4) is 0 Å². The average molecular weight is 764 g/mol. The molecular formula is C49H48F3NSi2. The van der Waals surface area contributed by atoms with Gasteiger partial charge in [-0.2, -0.15) is 0 Å². The molecule has 0 amide bonds. The van der Waals surface area contributed by atoms with Gasteiger partial charge >= 0.3 is 0 Å². The molecule has 6 rings (SSSR count). The summed E-state index contributed by atoms with van der Waals surface area (Å²) < 4.78 is 44.4. The van der Waals surface area contributed by atoms with E-state index in [-0.39, 0.29) is 17.5 Å². The molecule has 0 spiro atoms. The molecule has 0 saturated carbocycles. The number of halogens is 3. The van der Waals surface area contributed by atoms with E-state index in [1.165, 1.54) is 6.07 Å². The van der Waals surface area contributed by atoms with Crippen molar-refractivity contribution in [1.82, 2.24) is 0 Å². The average Bonchev–Trinajstić information content (AvgIpc) is 3.14. The normalized spacial score (nSPS) is 12.3. The van der Waals surface area contributed by atoms with Crippen LogP contribution in [0.2, 0.25) is 39.3 Å². The van der Waals surface area contributed by atoms with Gasteiger partial charge in [-0.25, -0.2) is 13.2 Å². The first-order chi connectivity index (χ1) is 26.1. The quantitative estimate of drug-likeness (QED) is 0.0938. The van der Waals surface area contributed by atoms with Crippen LogP contribution in [0.25, 0.3) is 36.5 Å². The minimum atomic E-state index is -1.61. The maximum atomic E-state index is 15.0. The van der Waals surface area contributed by atoms with Gasteiger partial charge in [0, 0.05) is 33.8 Å². The molecule has 0 aliphatic rings. The molecule has 0 saturated heterocycles. The fraction of sp³-hybridized carbons (Fsp3) is 0.143. The molecule has 6 aromatic carbocycles. The van der Waals surface area contributed by atoms with Crippen molar-refractivity contribution in [1.29, 1.82) is 0 Å². The lowest BCUT2D eigenvalue weighted by Gasteiger charge is -2.26. The molecule has 0 heterocycles. The van der Waals surface area contributed by atoms with E-state index < -0.39 is 16.1 Å². The molecular weight excluding hydrogens is 716 g/mol. The Morgan fingerprint density at radius 1 is 0.382 bits per heavy atom. The SMILES string of the molecule is Cc1ccc(/C=C/c2ccc(N(c3ccc(/C=C/c4ccc([Si](C)(C)C)cc4F)cc3)c3ccc(/C=C/c4ccc([Si](C)(C)C)cc4F)cc3)cc2)c(F)c1. The number of aryl methyl sites for hydroxylation is 1. The van der Waals surface area contributed by atoms with Crippen LogP contribution in [-0.2, 0) is 0 Å². The van der Waals surface area contributed by atoms with E-state index in [2.05, 4.69) is 68.4 Å². The number of rotatable bonds is 11. The Labute approximate surface area is 326 Å². The lowest BCUT2D eigenvalue weighted by Crippen LogP contribution is -2.37. The summed E-state index contributed by atoms with van der Waals surface area (Å²) >= 11 is 0. The molecule has 278 valence electrons. The molecule has 0 aromatic heterocycles. The summed E-state index contributed by atoms with van der Waals surface area (Å²) in [4.78, 5) is 2.16. The maximum absolute atomic E-state index is 15.0. The molecule has 0 aliphatic heterocycles. The number of benzene rings is 6. The van der Waals surface area contributed by atoms with E-state index in [0.29, 0.717) is 16.7 Å². The molecule has 55 heavy (non-hydrogen) atoms. The zero-order chi connectivity index (χ0) is 39.3. The van der Waals surface area contributed by atoms with E-state index in [1.807, 2.05) is 116 Å². The highest BCUT2D eigenvalue weighted by Gasteiger charge is 2.19. The number of anilines is 3. The Morgan fingerprint density at radius 2 is 0.691 bits per heavy atom. The molecule has 0 aliphatic carbocycles. The van der Waals surface area contributed by atoms with Crippen molar-refractivity contribution in [3.63, 3.8) is 0 Å². The van der Waals surface area contributed by atoms with E-state index in [1.54, 1.807) is 24.3 Å². The maximum Gasteiger partial charge on any atom is 0.130 e. The summed E-state index contributed by atoms with van der Waals surface area (Å²) in [7, 11) is -3.21. The van der Waals surface area contributed by atoms with Crippen molar-refractivity contribution >= 4 is 80.0 Å². The Kier molecular flexibility index (Phi) is 11.8. The predicted octanol–water partition coefficient (Wildman–Crippen LogP) is 13.5. The van der Waals surface area contributed by atoms with Gasteiger partial charge in [-0.15, -0.1) is 0 Å². The van der Waals surface area contributed by atoms with Crippen LogP contribution in [0.15, 0.2) is 127 Å². The van der Waals surface area contributed by atoms with Crippen molar-refractivity contribution in [2.45, 2.75) is 46.2 Å². The second kappa shape index (κ2) is 16.5. The second-order valence-corrected chi connectivity index (χ2v) is 26.3. The number of hydrogen-bond acceptors (Lipinski definition) is 1. The van der Waals surface area contributed by atoms with Crippen LogP contribution >= 0.6 is 0 Å². The first-order valence-corrected chi connectivity index (χ1v) is 25.6. The van der Waals surface area contributed by atoms with Crippen molar-refractivity contribution in [2.75, 3.05) is 4.90 Å². The molecule has 0 atom stereocenters. The minimum absolute atomic E-state index is 0.204. The number of hydrogen-bond donors (Lipinski definition) is 0. The topological polar surface area (TPSA) is 3.24 Å². The number of nitrogens with zero attached hydrogens (tertiary/aromatic N) is 1. The fourth-order valence-electron chi connectivity index (χ4n) is 6.23. The predicted molar refractivity (Wildman–Crippen MR) is 238 cm³/mol. The van der Waals surface area contributed by atoms with E-state index in [0.717, 1.165) is 49.7 Å². The van der Waals surface area contributed by atoms with Gasteiger partial charge in [0.2, 0.25) is 0 Å². The van der Waals surface area contributed by atoms with Gasteiger partial charge in [-0.05, 0) is 83.8 Å². The zero-order valence-electron chi connectivity index (χ0n) is 32.7. The summed E-state index contributed by atoms with van der Waals surface area (Å²) in [6.45, 7) is 15.2. The molecule has 0 bridgehead atoms. The summed E-state index contributed by atoms with van der Waals surface area (Å²) in [6, 6.07) is 40.9. The Balaban J connectivity index is 1.27. The third-order valence-electron chi connectivity index (χ3n) is 9.71. The Hall–Kier alpha value is -5.44. The van der Waals surface area contributed by atoms with Crippen LogP contribution in [0, 0.1) is 24.4 Å². The van der Waals surface area contributed by atoms with Gasteiger partial charge in [0.15, 0.2) is 0 Å². The highest BCUT2D eigenvalue weighted by atomic mass is 28.3. The van der Waals surface area contributed by atoms with E-state index >= 15 is 0 Å². The van der Waals surface area contributed by atoms with E-state index in [4.69, 9.17) is 0 Å². The largest absolute Gasteiger partial charge is 0.311 e. The highest BCUT2D eigenvalue weighted by molar-refractivity contribution is 6.89. The van der Waals surface area contributed by atoms with E-state index in [9.17, 15) is 13.2 Å². The van der Waals surface area contributed by atoms with Gasteiger partial charge in [-0.1, -0.05) is 159 Å². The summed E-state index contributed by atoms with van der Waals surface area (Å²) in [6.07, 6.45) is 11.2. The third kappa shape index (κ3) is 10.0. The fourth-order valence-corrected chi connectivity index (χ4v) is 8.52. The Bertz CT molecular complexity index is 2240. The molecule has 1 nitrogen and oxygen atoms in total. The smallest absolute Gasteiger partial charge is 0.130 e. The standard InChI is InChI=1S/C49H48F3NSi2/c1-35-8-18-39(47(50)32-35)19-9-36-12-24-42(25-13-36)53(43-26-14-37(15-27-43)10-20-40-22-30-45(33-48(40)51)54(2,3)4)44-28-16-38(17-29-44)11-21-41-23-31-46(34-49(41)52)55(5,6)7/h8-34H,1-7H3/b19-9+,20-10+,21-11+. The first-order valence-electron chi connectivity index (χ1n) is 18.6. The lowest BCUT2D eigenvalue weighted by atomic mass is 10.1. The highest BCUT2D eigenvalue weighted by Crippen LogP contribution is 2.35. The molecule has 0 N–H and O–H groups in total. The zero-order valence-corrected chi connectivity index (χ0v) is 34.7. The first kappa shape index (κ1) is 39.3. The third-order valence-corrected chi connectivity index (χ3v) is 13.8.